The van der Waals surface area contributed by atoms with E-state index in [1.807, 2.05) is 0 Å². The highest BCUT2D eigenvalue weighted by Gasteiger charge is 2.27. The fourth-order valence-corrected chi connectivity index (χ4v) is 5.17. The van der Waals surface area contributed by atoms with Crippen LogP contribution in [-0.4, -0.2) is 72.7 Å². The molecule has 0 spiro atoms. The van der Waals surface area contributed by atoms with Crippen LogP contribution in [0.3, 0.4) is 0 Å². The zero-order chi connectivity index (χ0) is 21.5. The molecule has 11 heteroatoms. The monoisotopic (exact) mass is 447 g/mol. The largest absolute Gasteiger partial charge is 0.379 e. The van der Waals surface area contributed by atoms with Gasteiger partial charge in [-0.1, -0.05) is 19.8 Å². The number of morpholine rings is 1. The SMILES string of the molecule is CCCCCNC(=O)CN(c1ccc(S(=O)(=O)N2CCOCC2)cc1)S(C)(=O)=O. The number of ether oxygens (including phenoxy) is 1. The first-order chi connectivity index (χ1) is 13.7. The van der Waals surface area contributed by atoms with Crippen molar-refractivity contribution in [1.29, 1.82) is 0 Å². The number of carbonyl (C=O) groups is 1. The summed E-state index contributed by atoms with van der Waals surface area (Å²) in [7, 11) is -7.40. The predicted molar refractivity (Wildman–Crippen MR) is 111 cm³/mol. The number of anilines is 1. The fourth-order valence-electron chi connectivity index (χ4n) is 2.91. The second kappa shape index (κ2) is 10.4. The Morgan fingerprint density at radius 3 is 2.28 bits per heavy atom. The Balaban J connectivity index is 2.13. The van der Waals surface area contributed by atoms with Crippen molar-refractivity contribution in [3.05, 3.63) is 24.3 Å². The van der Waals surface area contributed by atoms with Crippen molar-refractivity contribution in [2.45, 2.75) is 31.1 Å². The molecular weight excluding hydrogens is 418 g/mol. The molecule has 0 atom stereocenters. The van der Waals surface area contributed by atoms with Gasteiger partial charge in [-0.15, -0.1) is 0 Å². The lowest BCUT2D eigenvalue weighted by Crippen LogP contribution is -2.41. The van der Waals surface area contributed by atoms with Crippen LogP contribution in [-0.2, 0) is 29.6 Å². The molecular formula is C18H29N3O6S2. The Morgan fingerprint density at radius 2 is 1.72 bits per heavy atom. The Bertz CT molecular complexity index is 879. The van der Waals surface area contributed by atoms with Crippen molar-refractivity contribution in [3.8, 4) is 0 Å². The maximum atomic E-state index is 12.7. The van der Waals surface area contributed by atoms with Gasteiger partial charge in [-0.2, -0.15) is 4.31 Å². The summed E-state index contributed by atoms with van der Waals surface area (Å²) in [6, 6.07) is 5.52. The van der Waals surface area contributed by atoms with Crippen molar-refractivity contribution in [1.82, 2.24) is 9.62 Å². The Labute approximate surface area is 173 Å². The van der Waals surface area contributed by atoms with Crippen LogP contribution in [0.5, 0.6) is 0 Å². The van der Waals surface area contributed by atoms with Gasteiger partial charge in [-0.25, -0.2) is 16.8 Å². The second-order valence-electron chi connectivity index (χ2n) is 6.84. The van der Waals surface area contributed by atoms with Gasteiger partial charge in [0.25, 0.3) is 0 Å². The molecule has 164 valence electrons. The summed E-state index contributed by atoms with van der Waals surface area (Å²) in [6.07, 6.45) is 3.84. The molecule has 0 bridgehead atoms. The highest BCUT2D eigenvalue weighted by atomic mass is 32.2. The van der Waals surface area contributed by atoms with Gasteiger partial charge in [-0.3, -0.25) is 9.10 Å². The number of rotatable bonds is 10. The summed E-state index contributed by atoms with van der Waals surface area (Å²) in [5, 5.41) is 2.71. The molecule has 9 nitrogen and oxygen atoms in total. The molecule has 1 amide bonds. The molecule has 1 aliphatic heterocycles. The number of unbranched alkanes of at least 4 members (excludes halogenated alkanes) is 2. The van der Waals surface area contributed by atoms with Crippen LogP contribution in [0.15, 0.2) is 29.2 Å². The van der Waals surface area contributed by atoms with E-state index < -0.39 is 26.0 Å². The highest BCUT2D eigenvalue weighted by Crippen LogP contribution is 2.23. The van der Waals surface area contributed by atoms with Gasteiger partial charge >= 0.3 is 0 Å². The minimum absolute atomic E-state index is 0.0700. The van der Waals surface area contributed by atoms with E-state index in [0.717, 1.165) is 29.8 Å². The molecule has 0 unspecified atom stereocenters. The van der Waals surface area contributed by atoms with E-state index in [4.69, 9.17) is 4.74 Å². The molecule has 1 heterocycles. The van der Waals surface area contributed by atoms with Crippen molar-refractivity contribution in [2.24, 2.45) is 0 Å². The Kier molecular flexibility index (Phi) is 8.44. The quantitative estimate of drug-likeness (QED) is 0.531. The van der Waals surface area contributed by atoms with E-state index in [1.54, 1.807) is 0 Å². The van der Waals surface area contributed by atoms with E-state index in [9.17, 15) is 21.6 Å². The lowest BCUT2D eigenvalue weighted by molar-refractivity contribution is -0.119. The molecule has 29 heavy (non-hydrogen) atoms. The van der Waals surface area contributed by atoms with Gasteiger partial charge in [-0.05, 0) is 30.7 Å². The van der Waals surface area contributed by atoms with E-state index >= 15 is 0 Å². The van der Waals surface area contributed by atoms with E-state index in [-0.39, 0.29) is 30.2 Å². The number of nitrogens with one attached hydrogen (secondary N) is 1. The average molecular weight is 448 g/mol. The third-order valence-corrected chi connectivity index (χ3v) is 7.58. The maximum Gasteiger partial charge on any atom is 0.243 e. The van der Waals surface area contributed by atoms with E-state index in [0.29, 0.717) is 19.8 Å². The number of nitrogens with zero attached hydrogens (tertiary/aromatic N) is 2. The first-order valence-corrected chi connectivity index (χ1v) is 12.9. The van der Waals surface area contributed by atoms with Crippen LogP contribution in [0, 0.1) is 0 Å². The smallest absolute Gasteiger partial charge is 0.243 e. The summed E-state index contributed by atoms with van der Waals surface area (Å²) in [5.41, 5.74) is 0.233. The van der Waals surface area contributed by atoms with E-state index in [2.05, 4.69) is 12.2 Å². The normalized spacial score (nSPS) is 15.8. The predicted octanol–water partition coefficient (Wildman–Crippen LogP) is 0.780. The summed E-state index contributed by atoms with van der Waals surface area (Å²) in [4.78, 5) is 12.2. The number of hydrogen-bond donors (Lipinski definition) is 1. The summed E-state index contributed by atoms with van der Waals surface area (Å²) < 4.78 is 57.2. The number of hydrogen-bond acceptors (Lipinski definition) is 6. The van der Waals surface area contributed by atoms with Gasteiger partial charge in [0.15, 0.2) is 0 Å². The van der Waals surface area contributed by atoms with Crippen molar-refractivity contribution in [3.63, 3.8) is 0 Å². The van der Waals surface area contributed by atoms with Crippen LogP contribution in [0.2, 0.25) is 0 Å². The fraction of sp³-hybridized carbons (Fsp3) is 0.611. The van der Waals surface area contributed by atoms with Crippen LogP contribution >= 0.6 is 0 Å². The molecule has 1 aromatic carbocycles. The standard InChI is InChI=1S/C18H29N3O6S2/c1-3-4-5-10-19-18(22)15-21(28(2,23)24)16-6-8-17(9-7-16)29(25,26)20-11-13-27-14-12-20/h6-9H,3-5,10-15H2,1-2H3,(H,19,22). The van der Waals surface area contributed by atoms with Gasteiger partial charge in [0.2, 0.25) is 26.0 Å². The molecule has 1 saturated heterocycles. The highest BCUT2D eigenvalue weighted by molar-refractivity contribution is 7.92. The molecule has 2 rings (SSSR count). The zero-order valence-corrected chi connectivity index (χ0v) is 18.5. The Morgan fingerprint density at radius 1 is 1.10 bits per heavy atom. The second-order valence-corrected chi connectivity index (χ2v) is 10.7. The van der Waals surface area contributed by atoms with Gasteiger partial charge in [0.1, 0.15) is 6.54 Å². The minimum Gasteiger partial charge on any atom is -0.379 e. The average Bonchev–Trinajstić information content (AvgIpc) is 2.69. The molecule has 0 radical (unpaired) electrons. The Hall–Kier alpha value is -1.69. The van der Waals surface area contributed by atoms with Crippen LogP contribution < -0.4 is 9.62 Å². The van der Waals surface area contributed by atoms with Gasteiger partial charge < -0.3 is 10.1 Å². The molecule has 1 aliphatic rings. The third-order valence-electron chi connectivity index (χ3n) is 4.52. The number of amides is 1. The maximum absolute atomic E-state index is 12.7. The molecule has 1 aromatic rings. The third kappa shape index (κ3) is 6.66. The molecule has 1 N–H and O–H groups in total. The van der Waals surface area contributed by atoms with Gasteiger partial charge in [0, 0.05) is 19.6 Å². The lowest BCUT2D eigenvalue weighted by Gasteiger charge is -2.26. The number of benzene rings is 1. The first-order valence-electron chi connectivity index (χ1n) is 9.58. The molecule has 0 saturated carbocycles. The van der Waals surface area contributed by atoms with Crippen molar-refractivity contribution >= 4 is 31.6 Å². The number of sulfonamides is 2. The van der Waals surface area contributed by atoms with E-state index in [1.165, 1.54) is 28.6 Å². The lowest BCUT2D eigenvalue weighted by atomic mass is 10.2. The van der Waals surface area contributed by atoms with Crippen molar-refractivity contribution in [2.75, 3.05) is 50.0 Å². The molecule has 0 aromatic heterocycles. The molecule has 0 aliphatic carbocycles. The summed E-state index contributed by atoms with van der Waals surface area (Å²) >= 11 is 0. The van der Waals surface area contributed by atoms with Crippen LogP contribution in [0.25, 0.3) is 0 Å². The minimum atomic E-state index is -3.72. The van der Waals surface area contributed by atoms with Gasteiger partial charge in [0.05, 0.1) is 30.1 Å². The number of carbonyl (C=O) groups excluding carboxylic acids is 1. The summed E-state index contributed by atoms with van der Waals surface area (Å²) in [5.74, 6) is -0.406. The summed E-state index contributed by atoms with van der Waals surface area (Å²) in [6.45, 7) is 3.41. The van der Waals surface area contributed by atoms with Crippen molar-refractivity contribution < 1.29 is 26.4 Å². The topological polar surface area (TPSA) is 113 Å². The first kappa shape index (κ1) is 23.6. The zero-order valence-electron chi connectivity index (χ0n) is 16.8. The van der Waals surface area contributed by atoms with Crippen LogP contribution in [0.1, 0.15) is 26.2 Å². The molecule has 1 fully saturated rings. The van der Waals surface area contributed by atoms with Crippen LogP contribution in [0.4, 0.5) is 5.69 Å².